The summed E-state index contributed by atoms with van der Waals surface area (Å²) in [5.74, 6) is 0.905. The van der Waals surface area contributed by atoms with Gasteiger partial charge in [-0.2, -0.15) is 0 Å². The first-order chi connectivity index (χ1) is 9.77. The standard InChI is InChI=1S/C16H27NO3/c1-14(15-7-6-8-16(13-15)19-3)17-9-4-5-10-20-12-11-18-2/h6-8,13-14,17H,4-5,9-12H2,1-3H3. The van der Waals surface area contributed by atoms with Gasteiger partial charge >= 0.3 is 0 Å². The number of unbranched alkanes of at least 4 members (excludes halogenated alkanes) is 1. The molecule has 20 heavy (non-hydrogen) atoms. The summed E-state index contributed by atoms with van der Waals surface area (Å²) in [5.41, 5.74) is 1.25. The van der Waals surface area contributed by atoms with Crippen LogP contribution in [0.3, 0.4) is 0 Å². The van der Waals surface area contributed by atoms with E-state index >= 15 is 0 Å². The zero-order chi connectivity index (χ0) is 14.6. The van der Waals surface area contributed by atoms with Crippen molar-refractivity contribution in [1.29, 1.82) is 0 Å². The highest BCUT2D eigenvalue weighted by molar-refractivity contribution is 5.30. The molecule has 4 nitrogen and oxygen atoms in total. The molecule has 4 heteroatoms. The van der Waals surface area contributed by atoms with E-state index in [4.69, 9.17) is 14.2 Å². The van der Waals surface area contributed by atoms with Crippen LogP contribution in [-0.2, 0) is 9.47 Å². The highest BCUT2D eigenvalue weighted by Gasteiger charge is 2.05. The molecule has 0 saturated carbocycles. The molecule has 1 N–H and O–H groups in total. The fourth-order valence-corrected chi connectivity index (χ4v) is 1.92. The van der Waals surface area contributed by atoms with Crippen LogP contribution in [0.15, 0.2) is 24.3 Å². The van der Waals surface area contributed by atoms with Crippen molar-refractivity contribution in [3.05, 3.63) is 29.8 Å². The van der Waals surface area contributed by atoms with Crippen LogP contribution in [0.4, 0.5) is 0 Å². The molecule has 1 aromatic carbocycles. The molecule has 1 unspecified atom stereocenters. The molecule has 0 aliphatic rings. The summed E-state index contributed by atoms with van der Waals surface area (Å²) >= 11 is 0. The van der Waals surface area contributed by atoms with E-state index in [9.17, 15) is 0 Å². The lowest BCUT2D eigenvalue weighted by Crippen LogP contribution is -2.20. The molecule has 1 aromatic rings. The average molecular weight is 281 g/mol. The smallest absolute Gasteiger partial charge is 0.119 e. The molecule has 0 amide bonds. The monoisotopic (exact) mass is 281 g/mol. The van der Waals surface area contributed by atoms with E-state index in [1.807, 2.05) is 12.1 Å². The van der Waals surface area contributed by atoms with Crippen LogP contribution in [0.5, 0.6) is 5.75 Å². The van der Waals surface area contributed by atoms with E-state index in [-0.39, 0.29) is 0 Å². The molecule has 0 aliphatic carbocycles. The van der Waals surface area contributed by atoms with Gasteiger partial charge in [0.1, 0.15) is 5.75 Å². The third kappa shape index (κ3) is 6.89. The molecule has 0 saturated heterocycles. The first-order valence-electron chi connectivity index (χ1n) is 7.22. The van der Waals surface area contributed by atoms with Crippen LogP contribution in [0.1, 0.15) is 31.4 Å². The number of nitrogens with one attached hydrogen (secondary N) is 1. The van der Waals surface area contributed by atoms with Gasteiger partial charge in [-0.05, 0) is 44.0 Å². The summed E-state index contributed by atoms with van der Waals surface area (Å²) in [6.07, 6.45) is 2.18. The molecular weight excluding hydrogens is 254 g/mol. The maximum atomic E-state index is 5.43. The Morgan fingerprint density at radius 1 is 1.10 bits per heavy atom. The Morgan fingerprint density at radius 3 is 2.70 bits per heavy atom. The predicted octanol–water partition coefficient (Wildman–Crippen LogP) is 2.79. The predicted molar refractivity (Wildman–Crippen MR) is 81.3 cm³/mol. The number of ether oxygens (including phenoxy) is 3. The molecule has 0 aliphatic heterocycles. The van der Waals surface area contributed by atoms with Crippen molar-refractivity contribution in [2.45, 2.75) is 25.8 Å². The number of methoxy groups -OCH3 is 2. The van der Waals surface area contributed by atoms with Crippen LogP contribution in [0.25, 0.3) is 0 Å². The summed E-state index contributed by atoms with van der Waals surface area (Å²) in [6, 6.07) is 8.52. The molecule has 0 heterocycles. The van der Waals surface area contributed by atoms with Gasteiger partial charge in [0, 0.05) is 19.8 Å². The van der Waals surface area contributed by atoms with Gasteiger partial charge in [-0.25, -0.2) is 0 Å². The van der Waals surface area contributed by atoms with Crippen molar-refractivity contribution in [3.8, 4) is 5.75 Å². The Labute approximate surface area is 122 Å². The number of hydrogen-bond acceptors (Lipinski definition) is 4. The minimum Gasteiger partial charge on any atom is -0.497 e. The van der Waals surface area contributed by atoms with E-state index in [1.165, 1.54) is 5.56 Å². The zero-order valence-electron chi connectivity index (χ0n) is 12.9. The molecule has 0 spiro atoms. The second-order valence-corrected chi connectivity index (χ2v) is 4.76. The average Bonchev–Trinajstić information content (AvgIpc) is 2.49. The molecule has 0 fully saturated rings. The van der Waals surface area contributed by atoms with Crippen molar-refractivity contribution in [1.82, 2.24) is 5.32 Å². The Morgan fingerprint density at radius 2 is 1.95 bits per heavy atom. The fourth-order valence-electron chi connectivity index (χ4n) is 1.92. The van der Waals surface area contributed by atoms with Gasteiger partial charge < -0.3 is 19.5 Å². The van der Waals surface area contributed by atoms with Gasteiger partial charge in [0.05, 0.1) is 20.3 Å². The number of rotatable bonds is 11. The van der Waals surface area contributed by atoms with Crippen molar-refractivity contribution >= 4 is 0 Å². The molecule has 0 radical (unpaired) electrons. The SMILES string of the molecule is COCCOCCCCNC(C)c1cccc(OC)c1. The van der Waals surface area contributed by atoms with Gasteiger partial charge in [-0.15, -0.1) is 0 Å². The lowest BCUT2D eigenvalue weighted by molar-refractivity contribution is 0.0687. The van der Waals surface area contributed by atoms with Gasteiger partial charge in [0.25, 0.3) is 0 Å². The van der Waals surface area contributed by atoms with E-state index < -0.39 is 0 Å². The lowest BCUT2D eigenvalue weighted by atomic mass is 10.1. The summed E-state index contributed by atoms with van der Waals surface area (Å²) < 4.78 is 15.6. The molecule has 1 rings (SSSR count). The second kappa shape index (κ2) is 10.7. The van der Waals surface area contributed by atoms with Crippen LogP contribution < -0.4 is 10.1 Å². The third-order valence-corrected chi connectivity index (χ3v) is 3.19. The molecule has 0 bridgehead atoms. The van der Waals surface area contributed by atoms with Crippen LogP contribution >= 0.6 is 0 Å². The minimum atomic E-state index is 0.333. The van der Waals surface area contributed by atoms with Gasteiger partial charge in [-0.1, -0.05) is 12.1 Å². The van der Waals surface area contributed by atoms with E-state index in [0.717, 1.165) is 31.7 Å². The summed E-state index contributed by atoms with van der Waals surface area (Å²) in [4.78, 5) is 0. The van der Waals surface area contributed by atoms with Crippen molar-refractivity contribution in [2.24, 2.45) is 0 Å². The summed E-state index contributed by atoms with van der Waals surface area (Å²) in [5, 5.41) is 3.52. The Bertz CT molecular complexity index is 357. The molecule has 1 atom stereocenters. The summed E-state index contributed by atoms with van der Waals surface area (Å²) in [7, 11) is 3.38. The lowest BCUT2D eigenvalue weighted by Gasteiger charge is -2.15. The van der Waals surface area contributed by atoms with E-state index in [2.05, 4.69) is 24.4 Å². The van der Waals surface area contributed by atoms with Crippen molar-refractivity contribution in [2.75, 3.05) is 40.6 Å². The maximum absolute atomic E-state index is 5.43. The fraction of sp³-hybridized carbons (Fsp3) is 0.625. The van der Waals surface area contributed by atoms with Crippen molar-refractivity contribution < 1.29 is 14.2 Å². The number of benzene rings is 1. The number of hydrogen-bond donors (Lipinski definition) is 1. The second-order valence-electron chi connectivity index (χ2n) is 4.76. The zero-order valence-corrected chi connectivity index (χ0v) is 12.9. The largest absolute Gasteiger partial charge is 0.497 e. The Hall–Kier alpha value is -1.10. The molecule has 0 aromatic heterocycles. The van der Waals surface area contributed by atoms with Crippen LogP contribution in [-0.4, -0.2) is 40.6 Å². The topological polar surface area (TPSA) is 39.7 Å². The first kappa shape index (κ1) is 17.0. The third-order valence-electron chi connectivity index (χ3n) is 3.19. The van der Waals surface area contributed by atoms with E-state index in [0.29, 0.717) is 19.3 Å². The quantitative estimate of drug-likeness (QED) is 0.633. The van der Waals surface area contributed by atoms with E-state index in [1.54, 1.807) is 14.2 Å². The van der Waals surface area contributed by atoms with Crippen molar-refractivity contribution in [3.63, 3.8) is 0 Å². The molecule has 114 valence electrons. The van der Waals surface area contributed by atoms with Crippen LogP contribution in [0.2, 0.25) is 0 Å². The highest BCUT2D eigenvalue weighted by atomic mass is 16.5. The Balaban J connectivity index is 2.12. The normalized spacial score (nSPS) is 12.3. The highest BCUT2D eigenvalue weighted by Crippen LogP contribution is 2.18. The van der Waals surface area contributed by atoms with Gasteiger partial charge in [0.2, 0.25) is 0 Å². The maximum Gasteiger partial charge on any atom is 0.119 e. The van der Waals surface area contributed by atoms with Gasteiger partial charge in [0.15, 0.2) is 0 Å². The Kier molecular flexibility index (Phi) is 9.04. The first-order valence-corrected chi connectivity index (χ1v) is 7.22. The summed E-state index contributed by atoms with van der Waals surface area (Å²) in [6.45, 7) is 5.32. The minimum absolute atomic E-state index is 0.333. The van der Waals surface area contributed by atoms with Crippen LogP contribution in [0, 0.1) is 0 Å². The van der Waals surface area contributed by atoms with Gasteiger partial charge in [-0.3, -0.25) is 0 Å². The molecular formula is C16H27NO3.